The predicted molar refractivity (Wildman–Crippen MR) is 273 cm³/mol. The second-order valence-electron chi connectivity index (χ2n) is 21.1. The molecule has 3 fully saturated rings. The zero-order chi connectivity index (χ0) is 52.0. The summed E-state index contributed by atoms with van der Waals surface area (Å²) in [6.45, 7) is 11.4. The Labute approximate surface area is 422 Å². The zero-order valence-corrected chi connectivity index (χ0v) is 43.8. The summed E-state index contributed by atoms with van der Waals surface area (Å²) in [5.41, 5.74) is 8.96. The fourth-order valence-corrected chi connectivity index (χ4v) is 10.9. The van der Waals surface area contributed by atoms with Crippen molar-refractivity contribution in [3.63, 3.8) is 0 Å². The second-order valence-corrected chi connectivity index (χ2v) is 21.1. The Hall–Kier alpha value is -4.22. The number of benzene rings is 1. The number of anilines is 1. The first-order valence-electron chi connectivity index (χ1n) is 26.1. The van der Waals surface area contributed by atoms with Crippen molar-refractivity contribution in [1.29, 1.82) is 0 Å². The number of aliphatic hydroxyl groups is 3. The number of allylic oxidation sites excluding steroid dienone is 5. The molecule has 4 aliphatic rings. The minimum absolute atomic E-state index is 0.0272. The average Bonchev–Trinajstić information content (AvgIpc) is 3.35. The van der Waals surface area contributed by atoms with Crippen LogP contribution in [0.1, 0.15) is 125 Å². The van der Waals surface area contributed by atoms with Gasteiger partial charge in [0.2, 0.25) is 5.79 Å². The smallest absolute Gasteiger partial charge is 0.329 e. The molecule has 5 rings (SSSR count). The molecule has 1 saturated carbocycles. The molecular weight excluding hydrogens is 907 g/mol. The molecule has 2 bridgehead atoms. The predicted octanol–water partition coefficient (Wildman–Crippen LogP) is 7.17. The molecule has 2 saturated heterocycles. The van der Waals surface area contributed by atoms with Crippen LogP contribution in [0.2, 0.25) is 0 Å². The molecule has 71 heavy (non-hydrogen) atoms. The first kappa shape index (κ1) is 57.7. The zero-order valence-electron chi connectivity index (χ0n) is 43.8. The van der Waals surface area contributed by atoms with Crippen LogP contribution in [0.4, 0.5) is 5.69 Å². The molecule has 0 radical (unpaired) electrons. The van der Waals surface area contributed by atoms with Crippen LogP contribution >= 0.6 is 0 Å². The Morgan fingerprint density at radius 3 is 2.28 bits per heavy atom. The van der Waals surface area contributed by atoms with Crippen molar-refractivity contribution in [3.05, 3.63) is 71.9 Å². The Balaban J connectivity index is 1.48. The minimum Gasteiger partial charge on any atom is -0.497 e. The van der Waals surface area contributed by atoms with Crippen molar-refractivity contribution >= 4 is 29.1 Å². The van der Waals surface area contributed by atoms with Crippen molar-refractivity contribution in [2.45, 2.75) is 186 Å². The molecular formula is C56H85N3O12. The van der Waals surface area contributed by atoms with Gasteiger partial charge in [-0.1, -0.05) is 69.7 Å². The first-order chi connectivity index (χ1) is 33.8. The minimum atomic E-state index is -2.43. The lowest BCUT2D eigenvalue weighted by Gasteiger charge is -2.43. The van der Waals surface area contributed by atoms with Gasteiger partial charge in [0.25, 0.3) is 11.7 Å². The van der Waals surface area contributed by atoms with Crippen LogP contribution in [0, 0.1) is 29.6 Å². The quantitative estimate of drug-likeness (QED) is 0.0993. The van der Waals surface area contributed by atoms with E-state index in [-0.39, 0.29) is 48.6 Å². The molecule has 15 atom stereocenters. The fraction of sp³-hybridized carbons (Fsp3) is 0.679. The Morgan fingerprint density at radius 1 is 0.859 bits per heavy atom. The summed E-state index contributed by atoms with van der Waals surface area (Å²) >= 11 is 0. The number of ether oxygens (including phenoxy) is 5. The van der Waals surface area contributed by atoms with Crippen LogP contribution in [-0.2, 0) is 38.1 Å². The number of Topliss-reactive ketones (excluding diaryl/α,β-unsaturated/α-hetero) is 2. The summed E-state index contributed by atoms with van der Waals surface area (Å²) in [7, 11) is 4.61. The number of esters is 1. The standard InChI is InChI=1S/C56H85N3O12/c1-34-15-11-10-12-16-35(2)45(58-42-21-24-43(67-7)25-22-42)33-44-23-18-39(6)56(66,71-44)53(63)54(64)59-28-14-13-17-46(59)55(65)70-48(36(3)30-40-19-26-47(60)49(32-40)68-8)27-20-41(57)31-38(5)51(62)52(69-9)50(61)37(4)29-34/h10-12,15-16,21-22,24-25,31,34,36-37,39-41,44-49,51-52,58,60,62,66H,13-14,17-20,23,26-30,32-33,57H2,1-9H3/b12-10+,15-11+,35-16+,38-31+/t34-,36-,37-,39?,40?,41+,44+,45+,46+,47-,48+,49-,51-,52+,56-/m1/s1. The molecule has 1 aromatic rings. The molecule has 396 valence electrons. The van der Waals surface area contributed by atoms with Crippen molar-refractivity contribution in [2.24, 2.45) is 35.3 Å². The number of nitrogens with one attached hydrogen (secondary N) is 1. The van der Waals surface area contributed by atoms with Crippen molar-refractivity contribution in [3.8, 4) is 5.75 Å². The highest BCUT2D eigenvalue weighted by atomic mass is 16.6. The van der Waals surface area contributed by atoms with Gasteiger partial charge in [-0.05, 0) is 145 Å². The molecule has 1 aliphatic carbocycles. The third kappa shape index (κ3) is 15.6. The third-order valence-corrected chi connectivity index (χ3v) is 15.5. The van der Waals surface area contributed by atoms with Crippen molar-refractivity contribution in [2.75, 3.05) is 33.2 Å². The lowest BCUT2D eigenvalue weighted by Crippen LogP contribution is -2.61. The fourth-order valence-electron chi connectivity index (χ4n) is 10.9. The summed E-state index contributed by atoms with van der Waals surface area (Å²) < 4.78 is 29.4. The molecule has 15 heteroatoms. The van der Waals surface area contributed by atoms with E-state index in [1.807, 2.05) is 82.3 Å². The summed E-state index contributed by atoms with van der Waals surface area (Å²) in [4.78, 5) is 58.5. The van der Waals surface area contributed by atoms with E-state index >= 15 is 0 Å². The largest absolute Gasteiger partial charge is 0.497 e. The van der Waals surface area contributed by atoms with E-state index in [4.69, 9.17) is 29.4 Å². The molecule has 0 aromatic heterocycles. The average molecular weight is 992 g/mol. The number of carbonyl (C=O) groups is 4. The van der Waals surface area contributed by atoms with E-state index < -0.39 is 77.9 Å². The van der Waals surface area contributed by atoms with Gasteiger partial charge in [-0.15, -0.1) is 0 Å². The van der Waals surface area contributed by atoms with Gasteiger partial charge >= 0.3 is 5.97 Å². The van der Waals surface area contributed by atoms with Crippen LogP contribution in [0.25, 0.3) is 0 Å². The van der Waals surface area contributed by atoms with Crippen LogP contribution in [0.15, 0.2) is 71.9 Å². The number of rotatable bonds is 8. The monoisotopic (exact) mass is 992 g/mol. The number of nitrogens with two attached hydrogens (primary N) is 1. The number of piperidine rings is 1. The lowest BCUT2D eigenvalue weighted by molar-refractivity contribution is -0.263. The number of amides is 1. The number of fused-ring (bicyclic) bond motifs is 3. The highest BCUT2D eigenvalue weighted by molar-refractivity contribution is 6.39. The number of methoxy groups -OCH3 is 3. The highest BCUT2D eigenvalue weighted by Crippen LogP contribution is 2.38. The SMILES string of the molecule is COc1ccc(N[C@H]2C[C@@H]3CCC(C)[C@@](O)(O3)C(=O)C(=O)N3CCCC[C@H]3C(=O)O[C@H]([C@H](C)CC3CC[C@@H](O)[C@H](OC)C3)CC[C@H](N)/C=C(\C)[C@@H](O)[C@@H](OC)C(=O)[C@H](C)C[C@H](C)/C=C/C=C/C=C/2C)cc1. The van der Waals surface area contributed by atoms with Gasteiger partial charge in [-0.2, -0.15) is 0 Å². The van der Waals surface area contributed by atoms with Crippen molar-refractivity contribution < 1.29 is 58.2 Å². The molecule has 6 N–H and O–H groups in total. The maximum absolute atomic E-state index is 14.5. The van der Waals surface area contributed by atoms with E-state index in [9.17, 15) is 34.5 Å². The highest BCUT2D eigenvalue weighted by Gasteiger charge is 2.53. The number of hydrogen-bond donors (Lipinski definition) is 5. The van der Waals surface area contributed by atoms with Gasteiger partial charge in [0.05, 0.1) is 25.4 Å². The van der Waals surface area contributed by atoms with Gasteiger partial charge < -0.3 is 55.0 Å². The van der Waals surface area contributed by atoms with Gasteiger partial charge in [0, 0.05) is 50.4 Å². The summed E-state index contributed by atoms with van der Waals surface area (Å²) in [6.07, 6.45) is 13.8. The van der Waals surface area contributed by atoms with E-state index in [2.05, 4.69) is 5.32 Å². The first-order valence-corrected chi connectivity index (χ1v) is 26.1. The number of nitrogens with zero attached hydrogens (tertiary/aromatic N) is 1. The summed E-state index contributed by atoms with van der Waals surface area (Å²) in [6, 6.07) is 5.56. The molecule has 0 spiro atoms. The third-order valence-electron chi connectivity index (χ3n) is 15.5. The number of hydrogen-bond acceptors (Lipinski definition) is 14. The number of cyclic esters (lactones) is 1. The Bertz CT molecular complexity index is 2040. The Kier molecular flexibility index (Phi) is 22.1. The molecule has 3 aliphatic heterocycles. The normalized spacial score (nSPS) is 37.8. The van der Waals surface area contributed by atoms with E-state index in [0.717, 1.165) is 17.7 Å². The number of ketones is 2. The van der Waals surface area contributed by atoms with E-state index in [1.54, 1.807) is 34.1 Å². The Morgan fingerprint density at radius 2 is 1.59 bits per heavy atom. The number of carbonyl (C=O) groups excluding carboxylic acids is 4. The van der Waals surface area contributed by atoms with E-state index in [1.165, 1.54) is 12.0 Å². The van der Waals surface area contributed by atoms with Crippen molar-refractivity contribution in [1.82, 2.24) is 4.90 Å². The lowest BCUT2D eigenvalue weighted by atomic mass is 9.78. The second kappa shape index (κ2) is 27.2. The number of aliphatic hydroxyl groups excluding tert-OH is 2. The molecule has 1 aromatic carbocycles. The maximum atomic E-state index is 14.5. The van der Waals surface area contributed by atoms with E-state index in [0.29, 0.717) is 82.0 Å². The van der Waals surface area contributed by atoms with Crippen LogP contribution in [0.5, 0.6) is 5.75 Å². The van der Waals surface area contributed by atoms with Crippen LogP contribution in [0.3, 0.4) is 0 Å². The van der Waals surface area contributed by atoms with Gasteiger partial charge in [-0.3, -0.25) is 14.4 Å². The summed E-state index contributed by atoms with van der Waals surface area (Å²) in [5, 5.41) is 37.8. The topological polar surface area (TPSA) is 216 Å². The van der Waals surface area contributed by atoms with Crippen LogP contribution < -0.4 is 15.8 Å². The van der Waals surface area contributed by atoms with Gasteiger partial charge in [-0.25, -0.2) is 4.79 Å². The molecule has 1 amide bonds. The molecule has 2 unspecified atom stereocenters. The van der Waals surface area contributed by atoms with Crippen LogP contribution in [-0.4, -0.2) is 132 Å². The molecule has 3 heterocycles. The summed E-state index contributed by atoms with van der Waals surface area (Å²) in [5.74, 6) is -5.73. The maximum Gasteiger partial charge on any atom is 0.329 e. The molecule has 15 nitrogen and oxygen atoms in total. The van der Waals surface area contributed by atoms with Gasteiger partial charge in [0.1, 0.15) is 30.1 Å². The van der Waals surface area contributed by atoms with Gasteiger partial charge in [0.15, 0.2) is 5.78 Å².